The van der Waals surface area contributed by atoms with E-state index in [1.807, 2.05) is 42.6 Å². The predicted octanol–water partition coefficient (Wildman–Crippen LogP) is 5.36. The summed E-state index contributed by atoms with van der Waals surface area (Å²) >= 11 is 6.25. The highest BCUT2D eigenvalue weighted by Gasteiger charge is 2.28. The maximum absolute atomic E-state index is 13.6. The summed E-state index contributed by atoms with van der Waals surface area (Å²) in [5.74, 6) is -0.568. The van der Waals surface area contributed by atoms with Crippen LogP contribution < -0.4 is 10.6 Å². The minimum Gasteiger partial charge on any atom is -0.361 e. The summed E-state index contributed by atoms with van der Waals surface area (Å²) < 4.78 is 0. The summed E-state index contributed by atoms with van der Waals surface area (Å²) in [5, 5.41) is 7.54. The molecule has 3 N–H and O–H groups in total. The number of fused-ring (bicyclic) bond motifs is 2. The highest BCUT2D eigenvalue weighted by atomic mass is 35.5. The van der Waals surface area contributed by atoms with Crippen molar-refractivity contribution in [2.24, 2.45) is 0 Å². The van der Waals surface area contributed by atoms with Crippen molar-refractivity contribution in [3.05, 3.63) is 106 Å². The van der Waals surface area contributed by atoms with Crippen LogP contribution in [-0.2, 0) is 17.6 Å². The van der Waals surface area contributed by atoms with Crippen molar-refractivity contribution in [1.82, 2.24) is 15.6 Å². The minimum absolute atomic E-state index is 0.0693. The zero-order valence-electron chi connectivity index (χ0n) is 18.7. The number of aromatic amines is 1. The molecule has 0 fully saturated rings. The second-order valence-electron chi connectivity index (χ2n) is 8.72. The van der Waals surface area contributed by atoms with E-state index in [0.29, 0.717) is 17.0 Å². The molecule has 1 aliphatic carbocycles. The molecule has 0 saturated heterocycles. The number of amides is 2. The maximum atomic E-state index is 13.6. The van der Waals surface area contributed by atoms with Gasteiger partial charge in [0.25, 0.3) is 5.91 Å². The molecule has 0 aliphatic heterocycles. The van der Waals surface area contributed by atoms with E-state index in [-0.39, 0.29) is 17.9 Å². The van der Waals surface area contributed by atoms with Gasteiger partial charge in [-0.3, -0.25) is 9.59 Å². The number of rotatable bonds is 6. The molecular weight excluding hydrogens is 446 g/mol. The fourth-order valence-electron chi connectivity index (χ4n) is 4.79. The van der Waals surface area contributed by atoms with Crippen LogP contribution in [0.5, 0.6) is 0 Å². The molecule has 2 atom stereocenters. The second kappa shape index (κ2) is 9.74. The van der Waals surface area contributed by atoms with Gasteiger partial charge in [0, 0.05) is 23.5 Å². The Hall–Kier alpha value is -3.57. The van der Waals surface area contributed by atoms with E-state index in [1.165, 1.54) is 5.56 Å². The van der Waals surface area contributed by atoms with E-state index in [1.54, 1.807) is 24.3 Å². The van der Waals surface area contributed by atoms with Crippen LogP contribution in [0.15, 0.2) is 79.0 Å². The first-order valence-electron chi connectivity index (χ1n) is 11.6. The van der Waals surface area contributed by atoms with Gasteiger partial charge in [0.1, 0.15) is 6.04 Å². The Morgan fingerprint density at radius 1 is 1.00 bits per heavy atom. The first-order valence-corrected chi connectivity index (χ1v) is 12.0. The lowest BCUT2D eigenvalue weighted by Crippen LogP contribution is -2.49. The molecule has 4 aromatic rings. The Balaban J connectivity index is 1.42. The van der Waals surface area contributed by atoms with Crippen LogP contribution in [0.1, 0.15) is 45.9 Å². The molecule has 34 heavy (non-hydrogen) atoms. The average molecular weight is 472 g/mol. The van der Waals surface area contributed by atoms with Crippen molar-refractivity contribution in [3.8, 4) is 0 Å². The van der Waals surface area contributed by atoms with Gasteiger partial charge in [-0.1, -0.05) is 66.2 Å². The lowest BCUT2D eigenvalue weighted by Gasteiger charge is -2.28. The van der Waals surface area contributed by atoms with Crippen LogP contribution in [0.4, 0.5) is 0 Å². The van der Waals surface area contributed by atoms with Crippen LogP contribution in [0.25, 0.3) is 10.9 Å². The quantitative estimate of drug-likeness (QED) is 0.354. The predicted molar refractivity (Wildman–Crippen MR) is 135 cm³/mol. The largest absolute Gasteiger partial charge is 0.361 e. The molecule has 0 saturated carbocycles. The van der Waals surface area contributed by atoms with Gasteiger partial charge in [-0.15, -0.1) is 0 Å². The number of hydrogen-bond acceptors (Lipinski definition) is 2. The van der Waals surface area contributed by atoms with Crippen LogP contribution in [-0.4, -0.2) is 22.8 Å². The van der Waals surface area contributed by atoms with Crippen molar-refractivity contribution >= 4 is 34.3 Å². The molecule has 5 rings (SSSR count). The lowest BCUT2D eigenvalue weighted by molar-refractivity contribution is -0.123. The van der Waals surface area contributed by atoms with Gasteiger partial charge >= 0.3 is 0 Å². The Bertz CT molecular complexity index is 1350. The molecule has 3 aromatic carbocycles. The summed E-state index contributed by atoms with van der Waals surface area (Å²) in [4.78, 5) is 29.9. The Morgan fingerprint density at radius 3 is 2.65 bits per heavy atom. The average Bonchev–Trinajstić information content (AvgIpc) is 3.27. The summed E-state index contributed by atoms with van der Waals surface area (Å²) in [5.41, 5.74) is 4.75. The van der Waals surface area contributed by atoms with Gasteiger partial charge in [-0.05, 0) is 54.2 Å². The van der Waals surface area contributed by atoms with E-state index in [2.05, 4.69) is 27.8 Å². The highest BCUT2D eigenvalue weighted by molar-refractivity contribution is 6.33. The van der Waals surface area contributed by atoms with Gasteiger partial charge in [0.2, 0.25) is 5.91 Å². The third-order valence-electron chi connectivity index (χ3n) is 6.53. The Kier molecular flexibility index (Phi) is 6.37. The van der Waals surface area contributed by atoms with Crippen molar-refractivity contribution in [3.63, 3.8) is 0 Å². The minimum atomic E-state index is -0.753. The molecule has 6 heteroatoms. The molecule has 172 valence electrons. The molecule has 0 spiro atoms. The zero-order chi connectivity index (χ0) is 23.5. The van der Waals surface area contributed by atoms with Gasteiger partial charge in [0.05, 0.1) is 16.6 Å². The third-order valence-corrected chi connectivity index (χ3v) is 6.85. The van der Waals surface area contributed by atoms with E-state index < -0.39 is 6.04 Å². The van der Waals surface area contributed by atoms with Gasteiger partial charge < -0.3 is 15.6 Å². The normalized spacial score (nSPS) is 16.0. The highest BCUT2D eigenvalue weighted by Crippen LogP contribution is 2.29. The molecule has 0 unspecified atom stereocenters. The number of nitrogens with one attached hydrogen (secondary N) is 3. The zero-order valence-corrected chi connectivity index (χ0v) is 19.4. The van der Waals surface area contributed by atoms with Gasteiger partial charge in [-0.2, -0.15) is 0 Å². The summed E-state index contributed by atoms with van der Waals surface area (Å²) in [6.07, 6.45) is 5.18. The molecule has 1 aromatic heterocycles. The monoisotopic (exact) mass is 471 g/mol. The van der Waals surface area contributed by atoms with Crippen LogP contribution in [0, 0.1) is 0 Å². The fraction of sp³-hybridized carbons (Fsp3) is 0.214. The number of para-hydroxylation sites is 1. The number of carbonyl (C=O) groups is 2. The number of H-pyrrole nitrogens is 1. The molecule has 1 aliphatic rings. The topological polar surface area (TPSA) is 74.0 Å². The summed E-state index contributed by atoms with van der Waals surface area (Å²) in [6, 6.07) is 22.2. The third kappa shape index (κ3) is 4.57. The Labute approximate surface area is 203 Å². The molecule has 1 heterocycles. The number of carbonyl (C=O) groups excluding carboxylic acids is 2. The van der Waals surface area contributed by atoms with Crippen molar-refractivity contribution in [1.29, 1.82) is 0 Å². The molecule has 5 nitrogen and oxygen atoms in total. The van der Waals surface area contributed by atoms with Crippen molar-refractivity contribution in [2.45, 2.75) is 37.8 Å². The summed E-state index contributed by atoms with van der Waals surface area (Å²) in [7, 11) is 0. The number of halogens is 1. The van der Waals surface area contributed by atoms with Crippen molar-refractivity contribution < 1.29 is 9.59 Å². The molecular formula is C28H26ClN3O2. The molecule has 0 bridgehead atoms. The number of aromatic nitrogens is 1. The first-order chi connectivity index (χ1) is 16.6. The van der Waals surface area contributed by atoms with Gasteiger partial charge in [0.15, 0.2) is 0 Å². The number of aryl methyl sites for hydroxylation is 1. The number of benzene rings is 3. The van der Waals surface area contributed by atoms with E-state index in [0.717, 1.165) is 41.3 Å². The maximum Gasteiger partial charge on any atom is 0.253 e. The lowest BCUT2D eigenvalue weighted by atomic mass is 9.87. The van der Waals surface area contributed by atoms with Gasteiger partial charge in [-0.25, -0.2) is 0 Å². The van der Waals surface area contributed by atoms with E-state index in [4.69, 9.17) is 11.6 Å². The Morgan fingerprint density at radius 2 is 1.76 bits per heavy atom. The fourth-order valence-corrected chi connectivity index (χ4v) is 5.01. The molecule has 2 amide bonds. The summed E-state index contributed by atoms with van der Waals surface area (Å²) in [6.45, 7) is 0. The number of hydrogen-bond donors (Lipinski definition) is 3. The van der Waals surface area contributed by atoms with E-state index in [9.17, 15) is 9.59 Å². The first kappa shape index (κ1) is 22.2. The standard InChI is InChI=1S/C28H26ClN3O2/c29-23-13-5-3-12-22(23)27(33)32-26(16-19-17-30-24-14-6-4-11-21(19)24)28(34)31-25-15-7-9-18-8-1-2-10-20(18)25/h1-6,8,10-14,17,25-26,30H,7,9,15-16H2,(H,31,34)(H,32,33)/t25-,26+/m1/s1. The van der Waals surface area contributed by atoms with Crippen LogP contribution in [0.2, 0.25) is 5.02 Å². The second-order valence-corrected chi connectivity index (χ2v) is 9.13. The van der Waals surface area contributed by atoms with Crippen LogP contribution in [0.3, 0.4) is 0 Å². The van der Waals surface area contributed by atoms with E-state index >= 15 is 0 Å². The SMILES string of the molecule is O=C(N[C@@H](Cc1c[nH]c2ccccc12)C(=O)N[C@@H]1CCCc2ccccc21)c1ccccc1Cl. The molecule has 0 radical (unpaired) electrons. The van der Waals surface area contributed by atoms with Crippen molar-refractivity contribution in [2.75, 3.05) is 0 Å². The van der Waals surface area contributed by atoms with Crippen LogP contribution >= 0.6 is 11.6 Å². The smallest absolute Gasteiger partial charge is 0.253 e.